The van der Waals surface area contributed by atoms with E-state index in [4.69, 9.17) is 11.0 Å². The van der Waals surface area contributed by atoms with Gasteiger partial charge in [-0.15, -0.1) is 0 Å². The van der Waals surface area contributed by atoms with Gasteiger partial charge in [-0.05, 0) is 0 Å². The summed E-state index contributed by atoms with van der Waals surface area (Å²) < 4.78 is 1.40. The third kappa shape index (κ3) is 0.769. The predicted molar refractivity (Wildman–Crippen MR) is 39.9 cm³/mol. The van der Waals surface area contributed by atoms with Crippen molar-refractivity contribution in [2.75, 3.05) is 5.73 Å². The van der Waals surface area contributed by atoms with E-state index in [1.54, 1.807) is 0 Å². The van der Waals surface area contributed by atoms with Crippen molar-refractivity contribution in [3.63, 3.8) is 0 Å². The molecule has 0 atom stereocenters. The van der Waals surface area contributed by atoms with Gasteiger partial charge in [-0.2, -0.15) is 20.3 Å². The fourth-order valence-electron chi connectivity index (χ4n) is 0.858. The molecule has 2 aromatic rings. The van der Waals surface area contributed by atoms with Gasteiger partial charge < -0.3 is 5.73 Å². The van der Waals surface area contributed by atoms with E-state index < -0.39 is 0 Å². The minimum atomic E-state index is 0.179. The molecule has 2 aromatic heterocycles. The third-order valence-corrected chi connectivity index (χ3v) is 1.42. The van der Waals surface area contributed by atoms with Crippen LogP contribution in [0.1, 0.15) is 5.56 Å². The summed E-state index contributed by atoms with van der Waals surface area (Å²) in [7, 11) is 0. The monoisotopic (exact) mass is 160 g/mol. The van der Waals surface area contributed by atoms with E-state index in [0.29, 0.717) is 11.3 Å². The lowest BCUT2D eigenvalue weighted by Crippen LogP contribution is -1.99. The first-order valence-corrected chi connectivity index (χ1v) is 3.17. The van der Waals surface area contributed by atoms with E-state index >= 15 is 0 Å². The molecule has 0 amide bonds. The number of fused-ring (bicyclic) bond motifs is 1. The molecule has 0 unspecified atom stereocenters. The molecule has 0 fully saturated rings. The zero-order valence-corrected chi connectivity index (χ0v) is 5.97. The van der Waals surface area contributed by atoms with Crippen LogP contribution in [0.4, 0.5) is 5.82 Å². The van der Waals surface area contributed by atoms with E-state index in [-0.39, 0.29) is 5.82 Å². The lowest BCUT2D eigenvalue weighted by atomic mass is 10.3. The molecule has 0 aromatic carbocycles. The van der Waals surface area contributed by atoms with Crippen LogP contribution in [0, 0.1) is 11.3 Å². The average Bonchev–Trinajstić information content (AvgIpc) is 2.49. The highest BCUT2D eigenvalue weighted by Crippen LogP contribution is 2.06. The van der Waals surface area contributed by atoms with Crippen LogP contribution in [0.15, 0.2) is 12.5 Å². The number of nitrogens with two attached hydrogens (primary N) is 1. The van der Waals surface area contributed by atoms with Crippen LogP contribution >= 0.6 is 0 Å². The summed E-state index contributed by atoms with van der Waals surface area (Å²) in [5.41, 5.74) is 5.74. The van der Waals surface area contributed by atoms with Gasteiger partial charge in [0, 0.05) is 0 Å². The van der Waals surface area contributed by atoms with Crippen molar-refractivity contribution >= 4 is 11.6 Å². The Morgan fingerprint density at radius 3 is 3.17 bits per heavy atom. The number of rotatable bonds is 0. The van der Waals surface area contributed by atoms with E-state index in [0.717, 1.165) is 0 Å². The fraction of sp³-hybridized carbons (Fsp3) is 0. The van der Waals surface area contributed by atoms with Gasteiger partial charge in [-0.25, -0.2) is 4.52 Å². The standard InChI is InChI=1S/C6H4N6/c7-1-4-2-12-6(9-3-10-12)11-5(4)8/h2-3H,(H2,8,9,10,11). The molecule has 0 radical (unpaired) electrons. The van der Waals surface area contributed by atoms with E-state index in [1.807, 2.05) is 6.07 Å². The summed E-state index contributed by atoms with van der Waals surface area (Å²) in [5.74, 6) is 0.574. The van der Waals surface area contributed by atoms with Gasteiger partial charge in [0.05, 0.1) is 6.20 Å². The lowest BCUT2D eigenvalue weighted by Gasteiger charge is -1.95. The van der Waals surface area contributed by atoms with Crippen LogP contribution in [0.3, 0.4) is 0 Å². The lowest BCUT2D eigenvalue weighted by molar-refractivity contribution is 0.937. The second kappa shape index (κ2) is 2.17. The van der Waals surface area contributed by atoms with Crippen LogP contribution in [-0.2, 0) is 0 Å². The van der Waals surface area contributed by atoms with Crippen molar-refractivity contribution in [1.82, 2.24) is 19.6 Å². The molecule has 2 heterocycles. The smallest absolute Gasteiger partial charge is 0.254 e. The van der Waals surface area contributed by atoms with Gasteiger partial charge in [0.15, 0.2) is 0 Å². The number of anilines is 1. The highest BCUT2D eigenvalue weighted by Gasteiger charge is 2.03. The molecule has 58 valence electrons. The van der Waals surface area contributed by atoms with Crippen molar-refractivity contribution in [3.8, 4) is 6.07 Å². The first-order valence-electron chi connectivity index (χ1n) is 3.17. The molecule has 0 saturated carbocycles. The van der Waals surface area contributed by atoms with Crippen LogP contribution < -0.4 is 5.73 Å². The Kier molecular flexibility index (Phi) is 1.18. The molecule has 0 bridgehead atoms. The molecule has 0 aliphatic carbocycles. The molecule has 6 heteroatoms. The maximum Gasteiger partial charge on any atom is 0.254 e. The minimum absolute atomic E-state index is 0.179. The van der Waals surface area contributed by atoms with Crippen LogP contribution in [-0.4, -0.2) is 19.6 Å². The molecule has 6 nitrogen and oxygen atoms in total. The topological polar surface area (TPSA) is 92.9 Å². The molecular formula is C6H4N6. The van der Waals surface area contributed by atoms with Crippen molar-refractivity contribution in [1.29, 1.82) is 5.26 Å². The summed E-state index contributed by atoms with van der Waals surface area (Å²) in [5, 5.41) is 12.4. The second-order valence-corrected chi connectivity index (χ2v) is 2.16. The molecule has 0 aliphatic heterocycles. The number of aromatic nitrogens is 4. The Bertz CT molecular complexity index is 464. The summed E-state index contributed by atoms with van der Waals surface area (Å²) in [4.78, 5) is 7.66. The first-order chi connectivity index (χ1) is 5.81. The van der Waals surface area contributed by atoms with Gasteiger partial charge in [0.25, 0.3) is 5.78 Å². The maximum absolute atomic E-state index is 8.58. The van der Waals surface area contributed by atoms with Crippen molar-refractivity contribution in [3.05, 3.63) is 18.1 Å². The molecule has 2 rings (SSSR count). The van der Waals surface area contributed by atoms with E-state index in [2.05, 4.69) is 15.1 Å². The number of hydrogen-bond donors (Lipinski definition) is 1. The normalized spacial score (nSPS) is 9.92. The molecule has 2 N–H and O–H groups in total. The summed E-state index contributed by atoms with van der Waals surface area (Å²) in [6.45, 7) is 0. The summed E-state index contributed by atoms with van der Waals surface area (Å²) in [6, 6.07) is 1.90. The van der Waals surface area contributed by atoms with Gasteiger partial charge in [-0.3, -0.25) is 0 Å². The highest BCUT2D eigenvalue weighted by atomic mass is 15.3. The Labute approximate surface area is 67.3 Å². The molecule has 0 aliphatic rings. The van der Waals surface area contributed by atoms with Crippen LogP contribution in [0.2, 0.25) is 0 Å². The van der Waals surface area contributed by atoms with Gasteiger partial charge in [0.2, 0.25) is 0 Å². The van der Waals surface area contributed by atoms with Gasteiger partial charge in [0.1, 0.15) is 23.8 Å². The third-order valence-electron chi connectivity index (χ3n) is 1.42. The number of nitrogens with zero attached hydrogens (tertiary/aromatic N) is 5. The zero-order valence-electron chi connectivity index (χ0n) is 5.97. The van der Waals surface area contributed by atoms with Crippen molar-refractivity contribution < 1.29 is 0 Å². The molecule has 0 saturated heterocycles. The molecule has 12 heavy (non-hydrogen) atoms. The first kappa shape index (κ1) is 6.54. The number of nitrogen functional groups attached to an aromatic ring is 1. The summed E-state index contributed by atoms with van der Waals surface area (Å²) in [6.07, 6.45) is 2.84. The van der Waals surface area contributed by atoms with Crippen LogP contribution in [0.25, 0.3) is 5.78 Å². The minimum Gasteiger partial charge on any atom is -0.382 e. The van der Waals surface area contributed by atoms with E-state index in [9.17, 15) is 0 Å². The van der Waals surface area contributed by atoms with Crippen LogP contribution in [0.5, 0.6) is 0 Å². The quantitative estimate of drug-likeness (QED) is 0.564. The van der Waals surface area contributed by atoms with E-state index in [1.165, 1.54) is 17.0 Å². The van der Waals surface area contributed by atoms with Gasteiger partial charge in [-0.1, -0.05) is 0 Å². The fourth-order valence-corrected chi connectivity index (χ4v) is 0.858. The predicted octanol–water partition coefficient (Wildman–Crippen LogP) is -0.422. The molecular weight excluding hydrogens is 156 g/mol. The largest absolute Gasteiger partial charge is 0.382 e. The van der Waals surface area contributed by atoms with Crippen molar-refractivity contribution in [2.45, 2.75) is 0 Å². The number of hydrogen-bond acceptors (Lipinski definition) is 5. The van der Waals surface area contributed by atoms with Crippen molar-refractivity contribution in [2.24, 2.45) is 0 Å². The average molecular weight is 160 g/mol. The second-order valence-electron chi connectivity index (χ2n) is 2.16. The van der Waals surface area contributed by atoms with Gasteiger partial charge >= 0.3 is 0 Å². The number of nitriles is 1. The zero-order chi connectivity index (χ0) is 8.55. The Morgan fingerprint density at radius 2 is 2.42 bits per heavy atom. The summed E-state index contributed by atoms with van der Waals surface area (Å²) >= 11 is 0. The Balaban J connectivity index is 2.84. The molecule has 0 spiro atoms. The Morgan fingerprint density at radius 1 is 1.58 bits per heavy atom. The SMILES string of the molecule is N#Cc1cn2ncnc2nc1N. The maximum atomic E-state index is 8.58. The Hall–Kier alpha value is -2.16. The highest BCUT2D eigenvalue weighted by molar-refractivity contribution is 5.50.